The van der Waals surface area contributed by atoms with Gasteiger partial charge < -0.3 is 15.0 Å². The molecule has 0 atom stereocenters. The second-order valence-electron chi connectivity index (χ2n) is 4.89. The van der Waals surface area contributed by atoms with Crippen molar-refractivity contribution in [2.75, 3.05) is 38.3 Å². The highest BCUT2D eigenvalue weighted by Gasteiger charge is 2.10. The highest BCUT2D eigenvalue weighted by atomic mass is 19.1. The van der Waals surface area contributed by atoms with Crippen molar-refractivity contribution in [1.82, 2.24) is 5.32 Å². The molecule has 0 aliphatic carbocycles. The molecule has 4 heteroatoms. The normalized spacial score (nSPS) is 10.8. The summed E-state index contributed by atoms with van der Waals surface area (Å²) >= 11 is 0. The molecule has 1 aromatic carbocycles. The van der Waals surface area contributed by atoms with Crippen LogP contribution in [0.4, 0.5) is 10.1 Å². The molecule has 0 spiro atoms. The molecule has 0 amide bonds. The molecule has 0 saturated heterocycles. The van der Waals surface area contributed by atoms with Crippen LogP contribution in [-0.4, -0.2) is 33.4 Å². The van der Waals surface area contributed by atoms with Crippen LogP contribution < -0.4 is 10.2 Å². The van der Waals surface area contributed by atoms with Gasteiger partial charge in [-0.15, -0.1) is 0 Å². The Morgan fingerprint density at radius 3 is 2.75 bits per heavy atom. The third kappa shape index (κ3) is 5.47. The summed E-state index contributed by atoms with van der Waals surface area (Å²) in [6.45, 7) is 8.19. The maximum absolute atomic E-state index is 14.0. The van der Waals surface area contributed by atoms with E-state index in [1.807, 2.05) is 12.1 Å². The maximum atomic E-state index is 14.0. The maximum Gasteiger partial charge on any atom is 0.146 e. The van der Waals surface area contributed by atoms with Crippen molar-refractivity contribution in [3.8, 4) is 0 Å². The Hall–Kier alpha value is -1.13. The lowest BCUT2D eigenvalue weighted by Crippen LogP contribution is -2.25. The molecule has 0 saturated carbocycles. The van der Waals surface area contributed by atoms with Crippen LogP contribution in [0.2, 0.25) is 0 Å². The Bertz CT molecular complexity index is 385. The van der Waals surface area contributed by atoms with Crippen LogP contribution in [0.25, 0.3) is 0 Å². The lowest BCUT2D eigenvalue weighted by atomic mass is 10.1. The smallest absolute Gasteiger partial charge is 0.146 e. The van der Waals surface area contributed by atoms with Crippen LogP contribution in [0, 0.1) is 5.82 Å². The summed E-state index contributed by atoms with van der Waals surface area (Å²) in [4.78, 5) is 2.11. The van der Waals surface area contributed by atoms with E-state index in [1.54, 1.807) is 13.2 Å². The van der Waals surface area contributed by atoms with Crippen molar-refractivity contribution in [2.45, 2.75) is 33.2 Å². The first kappa shape index (κ1) is 16.9. The third-order valence-corrected chi connectivity index (χ3v) is 3.33. The van der Waals surface area contributed by atoms with Gasteiger partial charge in [-0.25, -0.2) is 4.39 Å². The molecule has 1 N–H and O–H groups in total. The van der Waals surface area contributed by atoms with Gasteiger partial charge in [0.05, 0.1) is 12.3 Å². The minimum Gasteiger partial charge on any atom is -0.383 e. The Morgan fingerprint density at radius 1 is 1.30 bits per heavy atom. The van der Waals surface area contributed by atoms with E-state index in [-0.39, 0.29) is 5.82 Å². The van der Waals surface area contributed by atoms with Gasteiger partial charge >= 0.3 is 0 Å². The van der Waals surface area contributed by atoms with Crippen LogP contribution in [0.5, 0.6) is 0 Å². The molecular formula is C16H27FN2O. The van der Waals surface area contributed by atoms with Gasteiger partial charge in [-0.2, -0.15) is 0 Å². The minimum atomic E-state index is -0.136. The molecular weight excluding hydrogens is 255 g/mol. The van der Waals surface area contributed by atoms with Crippen LogP contribution >= 0.6 is 0 Å². The molecule has 1 rings (SSSR count). The first-order chi connectivity index (χ1) is 9.72. The number of nitrogens with zero attached hydrogens (tertiary/aromatic N) is 1. The van der Waals surface area contributed by atoms with Gasteiger partial charge in [-0.1, -0.05) is 19.4 Å². The topological polar surface area (TPSA) is 24.5 Å². The SMILES string of the molecule is CCCCN(CC)c1cc(CNCCOC)ccc1F. The number of benzene rings is 1. The van der Waals surface area contributed by atoms with Gasteiger partial charge in [-0.05, 0) is 31.0 Å². The zero-order valence-electron chi connectivity index (χ0n) is 12.9. The molecule has 0 aliphatic heterocycles. The predicted octanol–water partition coefficient (Wildman–Crippen LogP) is 3.19. The number of methoxy groups -OCH3 is 1. The molecule has 0 radical (unpaired) electrons. The van der Waals surface area contributed by atoms with E-state index in [1.165, 1.54) is 0 Å². The summed E-state index contributed by atoms with van der Waals surface area (Å²) in [6, 6.07) is 5.36. The molecule has 0 bridgehead atoms. The molecule has 114 valence electrons. The van der Waals surface area contributed by atoms with Crippen molar-refractivity contribution in [1.29, 1.82) is 0 Å². The molecule has 0 unspecified atom stereocenters. The fourth-order valence-electron chi connectivity index (χ4n) is 2.12. The Kier molecular flexibility index (Phi) is 8.23. The number of hydrogen-bond acceptors (Lipinski definition) is 3. The summed E-state index contributed by atoms with van der Waals surface area (Å²) < 4.78 is 19.0. The summed E-state index contributed by atoms with van der Waals surface area (Å²) in [5.41, 5.74) is 1.82. The molecule has 20 heavy (non-hydrogen) atoms. The van der Waals surface area contributed by atoms with Crippen LogP contribution in [0.1, 0.15) is 32.3 Å². The molecule has 1 aromatic rings. The van der Waals surface area contributed by atoms with E-state index in [9.17, 15) is 4.39 Å². The molecule has 0 aromatic heterocycles. The average molecular weight is 282 g/mol. The van der Waals surface area contributed by atoms with Crippen LogP contribution in [-0.2, 0) is 11.3 Å². The van der Waals surface area contributed by atoms with E-state index in [0.29, 0.717) is 12.3 Å². The van der Waals surface area contributed by atoms with Gasteiger partial charge in [-0.3, -0.25) is 0 Å². The number of halogens is 1. The number of ether oxygens (including phenoxy) is 1. The molecule has 0 heterocycles. The standard InChI is InChI=1S/C16H27FN2O/c1-4-6-10-19(5-2)16-12-14(7-8-15(16)17)13-18-9-11-20-3/h7-8,12,18H,4-6,9-11,13H2,1-3H3. The first-order valence-corrected chi connectivity index (χ1v) is 7.45. The predicted molar refractivity (Wildman–Crippen MR) is 82.8 cm³/mol. The second-order valence-corrected chi connectivity index (χ2v) is 4.89. The minimum absolute atomic E-state index is 0.136. The molecule has 3 nitrogen and oxygen atoms in total. The number of hydrogen-bond donors (Lipinski definition) is 1. The second kappa shape index (κ2) is 9.72. The van der Waals surface area contributed by atoms with Gasteiger partial charge in [0.2, 0.25) is 0 Å². The van der Waals surface area contributed by atoms with E-state index in [2.05, 4.69) is 24.1 Å². The van der Waals surface area contributed by atoms with Crippen LogP contribution in [0.3, 0.4) is 0 Å². The largest absolute Gasteiger partial charge is 0.383 e. The van der Waals surface area contributed by atoms with E-state index >= 15 is 0 Å². The van der Waals surface area contributed by atoms with Gasteiger partial charge in [0, 0.05) is 33.3 Å². The number of unbranched alkanes of at least 4 members (excludes halogenated alkanes) is 1. The third-order valence-electron chi connectivity index (χ3n) is 3.33. The Balaban J connectivity index is 2.68. The Labute approximate surface area is 122 Å². The summed E-state index contributed by atoms with van der Waals surface area (Å²) in [7, 11) is 1.69. The monoisotopic (exact) mass is 282 g/mol. The fraction of sp³-hybridized carbons (Fsp3) is 0.625. The van der Waals surface area contributed by atoms with Crippen molar-refractivity contribution < 1.29 is 9.13 Å². The van der Waals surface area contributed by atoms with E-state index in [0.717, 1.165) is 44.6 Å². The first-order valence-electron chi connectivity index (χ1n) is 7.45. The number of nitrogens with one attached hydrogen (secondary N) is 1. The molecule has 0 aliphatic rings. The summed E-state index contributed by atoms with van der Waals surface area (Å²) in [5, 5.41) is 3.28. The quantitative estimate of drug-likeness (QED) is 0.667. The van der Waals surface area contributed by atoms with Crippen LogP contribution in [0.15, 0.2) is 18.2 Å². The zero-order valence-corrected chi connectivity index (χ0v) is 12.9. The number of rotatable bonds is 10. The Morgan fingerprint density at radius 2 is 2.10 bits per heavy atom. The van der Waals surface area contributed by atoms with Gasteiger partial charge in [0.25, 0.3) is 0 Å². The number of anilines is 1. The van der Waals surface area contributed by atoms with Crippen molar-refractivity contribution in [3.05, 3.63) is 29.6 Å². The summed E-state index contributed by atoms with van der Waals surface area (Å²) in [5.74, 6) is -0.136. The van der Waals surface area contributed by atoms with E-state index < -0.39 is 0 Å². The van der Waals surface area contributed by atoms with Gasteiger partial charge in [0.15, 0.2) is 0 Å². The highest BCUT2D eigenvalue weighted by Crippen LogP contribution is 2.21. The van der Waals surface area contributed by atoms with Gasteiger partial charge in [0.1, 0.15) is 5.82 Å². The zero-order chi connectivity index (χ0) is 14.8. The van der Waals surface area contributed by atoms with Crippen molar-refractivity contribution in [3.63, 3.8) is 0 Å². The lowest BCUT2D eigenvalue weighted by molar-refractivity contribution is 0.199. The average Bonchev–Trinajstić information content (AvgIpc) is 2.47. The fourth-order valence-corrected chi connectivity index (χ4v) is 2.12. The molecule has 0 fully saturated rings. The van der Waals surface area contributed by atoms with Crippen molar-refractivity contribution >= 4 is 5.69 Å². The van der Waals surface area contributed by atoms with E-state index in [4.69, 9.17) is 4.74 Å². The summed E-state index contributed by atoms with van der Waals surface area (Å²) in [6.07, 6.45) is 2.21. The van der Waals surface area contributed by atoms with Crippen molar-refractivity contribution in [2.24, 2.45) is 0 Å². The highest BCUT2D eigenvalue weighted by molar-refractivity contribution is 5.50. The lowest BCUT2D eigenvalue weighted by Gasteiger charge is -2.24.